The van der Waals surface area contributed by atoms with Crippen molar-refractivity contribution >= 4 is 12.0 Å². The van der Waals surface area contributed by atoms with Gasteiger partial charge in [-0.15, -0.1) is 5.10 Å². The molecule has 0 N–H and O–H groups in total. The summed E-state index contributed by atoms with van der Waals surface area (Å²) in [5.41, 5.74) is -0.531. The van der Waals surface area contributed by atoms with Crippen molar-refractivity contribution in [3.63, 3.8) is 0 Å². The van der Waals surface area contributed by atoms with Gasteiger partial charge in [0, 0.05) is 26.2 Å². The Hall–Kier alpha value is -2.78. The van der Waals surface area contributed by atoms with Gasteiger partial charge in [0.25, 0.3) is 0 Å². The highest BCUT2D eigenvalue weighted by molar-refractivity contribution is 5.68. The zero-order valence-electron chi connectivity index (χ0n) is 16.2. The van der Waals surface area contributed by atoms with Gasteiger partial charge >= 0.3 is 6.09 Å². The van der Waals surface area contributed by atoms with E-state index in [0.29, 0.717) is 43.8 Å². The first kappa shape index (κ1) is 19.0. The summed E-state index contributed by atoms with van der Waals surface area (Å²) in [5, 5.41) is 4.18. The second kappa shape index (κ2) is 7.09. The van der Waals surface area contributed by atoms with Gasteiger partial charge in [-0.25, -0.2) is 19.2 Å². The van der Waals surface area contributed by atoms with E-state index < -0.39 is 11.4 Å². The molecule has 3 heterocycles. The van der Waals surface area contributed by atoms with Crippen LogP contribution in [0, 0.1) is 19.7 Å². The highest BCUT2D eigenvalue weighted by Gasteiger charge is 2.27. The molecule has 0 saturated carbocycles. The molecular formula is C17H24FN7O2. The molecule has 0 aliphatic carbocycles. The first-order valence-electron chi connectivity index (χ1n) is 8.80. The summed E-state index contributed by atoms with van der Waals surface area (Å²) in [7, 11) is 0. The van der Waals surface area contributed by atoms with Crippen LogP contribution < -0.4 is 4.90 Å². The van der Waals surface area contributed by atoms with Crippen molar-refractivity contribution in [3.05, 3.63) is 23.7 Å². The van der Waals surface area contributed by atoms with Crippen LogP contribution in [-0.4, -0.2) is 67.5 Å². The van der Waals surface area contributed by atoms with E-state index in [2.05, 4.69) is 20.1 Å². The molecule has 0 bridgehead atoms. The van der Waals surface area contributed by atoms with Gasteiger partial charge in [0.15, 0.2) is 11.6 Å². The smallest absolute Gasteiger partial charge is 0.410 e. The van der Waals surface area contributed by atoms with E-state index >= 15 is 0 Å². The number of aromatic nitrogens is 5. The summed E-state index contributed by atoms with van der Waals surface area (Å²) in [5.74, 6) is 0.971. The van der Waals surface area contributed by atoms with Crippen molar-refractivity contribution in [2.45, 2.75) is 40.2 Å². The Morgan fingerprint density at radius 1 is 1.15 bits per heavy atom. The largest absolute Gasteiger partial charge is 0.444 e. The van der Waals surface area contributed by atoms with Crippen molar-refractivity contribution in [2.75, 3.05) is 31.1 Å². The van der Waals surface area contributed by atoms with Crippen LogP contribution in [0.2, 0.25) is 0 Å². The standard InChI is InChI=1S/C17H24FN7O2/c1-11-20-12(2)25(22-11)14-13(18)10-19-15(21-14)23-6-8-24(9-7-23)16(26)27-17(3,4)5/h10H,6-9H2,1-5H3. The number of aryl methyl sites for hydroxylation is 2. The van der Waals surface area contributed by atoms with E-state index in [9.17, 15) is 9.18 Å². The van der Waals surface area contributed by atoms with Crippen molar-refractivity contribution in [2.24, 2.45) is 0 Å². The van der Waals surface area contributed by atoms with Gasteiger partial charge in [-0.1, -0.05) is 0 Å². The van der Waals surface area contributed by atoms with Gasteiger partial charge in [-0.2, -0.15) is 9.67 Å². The first-order valence-corrected chi connectivity index (χ1v) is 8.80. The van der Waals surface area contributed by atoms with Gasteiger partial charge < -0.3 is 14.5 Å². The van der Waals surface area contributed by atoms with Crippen LogP contribution in [0.4, 0.5) is 15.1 Å². The zero-order valence-corrected chi connectivity index (χ0v) is 16.2. The Kier molecular flexibility index (Phi) is 4.99. The maximum absolute atomic E-state index is 14.2. The molecule has 1 amide bonds. The molecule has 146 valence electrons. The van der Waals surface area contributed by atoms with E-state index in [-0.39, 0.29) is 11.9 Å². The molecule has 0 radical (unpaired) electrons. The molecule has 9 nitrogen and oxygen atoms in total. The van der Waals surface area contributed by atoms with Crippen LogP contribution in [0.1, 0.15) is 32.4 Å². The fraction of sp³-hybridized carbons (Fsp3) is 0.588. The number of anilines is 1. The molecular weight excluding hydrogens is 353 g/mol. The second-order valence-electron chi connectivity index (χ2n) is 7.41. The molecule has 0 unspecified atom stereocenters. The molecule has 10 heteroatoms. The van der Waals surface area contributed by atoms with Gasteiger partial charge in [0.2, 0.25) is 5.95 Å². The third kappa shape index (κ3) is 4.32. The fourth-order valence-electron chi connectivity index (χ4n) is 2.79. The van der Waals surface area contributed by atoms with Gasteiger partial charge in [0.05, 0.1) is 6.20 Å². The number of ether oxygens (including phenoxy) is 1. The zero-order chi connectivity index (χ0) is 19.8. The number of amides is 1. The minimum atomic E-state index is -0.570. The minimum Gasteiger partial charge on any atom is -0.444 e. The Morgan fingerprint density at radius 3 is 2.37 bits per heavy atom. The number of hydrogen-bond donors (Lipinski definition) is 0. The van der Waals surface area contributed by atoms with E-state index in [1.165, 1.54) is 4.68 Å². The molecule has 0 spiro atoms. The monoisotopic (exact) mass is 377 g/mol. The van der Waals surface area contributed by atoms with Crippen LogP contribution in [0.5, 0.6) is 0 Å². The lowest BCUT2D eigenvalue weighted by atomic mass is 10.2. The summed E-state index contributed by atoms with van der Waals surface area (Å²) < 4.78 is 21.0. The van der Waals surface area contributed by atoms with Gasteiger partial charge in [-0.05, 0) is 34.6 Å². The Bertz CT molecular complexity index is 838. The second-order valence-corrected chi connectivity index (χ2v) is 7.41. The topological polar surface area (TPSA) is 89.3 Å². The predicted octanol–water partition coefficient (Wildman–Crippen LogP) is 1.87. The maximum Gasteiger partial charge on any atom is 0.410 e. The molecule has 1 saturated heterocycles. The highest BCUT2D eigenvalue weighted by atomic mass is 19.1. The third-order valence-electron chi connectivity index (χ3n) is 4.00. The normalized spacial score (nSPS) is 15.2. The highest BCUT2D eigenvalue weighted by Crippen LogP contribution is 2.18. The summed E-state index contributed by atoms with van der Waals surface area (Å²) in [4.78, 5) is 28.3. The van der Waals surface area contributed by atoms with Crippen LogP contribution in [0.25, 0.3) is 5.82 Å². The molecule has 1 aliphatic heterocycles. The average Bonchev–Trinajstić information content (AvgIpc) is 2.92. The molecule has 3 rings (SSSR count). The van der Waals surface area contributed by atoms with Crippen LogP contribution >= 0.6 is 0 Å². The maximum atomic E-state index is 14.2. The molecule has 0 aromatic carbocycles. The summed E-state index contributed by atoms with van der Waals surface area (Å²) >= 11 is 0. The lowest BCUT2D eigenvalue weighted by molar-refractivity contribution is 0.0240. The van der Waals surface area contributed by atoms with E-state index in [1.807, 2.05) is 25.7 Å². The van der Waals surface area contributed by atoms with Crippen molar-refractivity contribution < 1.29 is 13.9 Å². The quantitative estimate of drug-likeness (QED) is 0.789. The van der Waals surface area contributed by atoms with E-state index in [4.69, 9.17) is 4.74 Å². The van der Waals surface area contributed by atoms with Crippen LogP contribution in [-0.2, 0) is 4.74 Å². The number of hydrogen-bond acceptors (Lipinski definition) is 7. The lowest BCUT2D eigenvalue weighted by Gasteiger charge is -2.35. The van der Waals surface area contributed by atoms with E-state index in [1.54, 1.807) is 18.7 Å². The van der Waals surface area contributed by atoms with Crippen molar-refractivity contribution in [3.8, 4) is 5.82 Å². The molecule has 0 atom stereocenters. The van der Waals surface area contributed by atoms with Crippen LogP contribution in [0.15, 0.2) is 6.20 Å². The average molecular weight is 377 g/mol. The predicted molar refractivity (Wildman–Crippen MR) is 96.4 cm³/mol. The molecule has 2 aromatic rings. The van der Waals surface area contributed by atoms with Gasteiger partial charge in [-0.3, -0.25) is 0 Å². The number of nitrogens with zero attached hydrogens (tertiary/aromatic N) is 7. The van der Waals surface area contributed by atoms with Gasteiger partial charge in [0.1, 0.15) is 17.2 Å². The number of carbonyl (C=O) groups excluding carboxylic acids is 1. The molecule has 2 aromatic heterocycles. The Labute approximate surface area is 157 Å². The lowest BCUT2D eigenvalue weighted by Crippen LogP contribution is -2.50. The third-order valence-corrected chi connectivity index (χ3v) is 4.00. The van der Waals surface area contributed by atoms with Crippen LogP contribution in [0.3, 0.4) is 0 Å². The first-order chi connectivity index (χ1) is 12.6. The summed E-state index contributed by atoms with van der Waals surface area (Å²) in [6.45, 7) is 11.0. The van der Waals surface area contributed by atoms with Crippen molar-refractivity contribution in [1.29, 1.82) is 0 Å². The van der Waals surface area contributed by atoms with E-state index in [0.717, 1.165) is 6.20 Å². The molecule has 1 aliphatic rings. The molecule has 27 heavy (non-hydrogen) atoms. The molecule has 1 fully saturated rings. The summed E-state index contributed by atoms with van der Waals surface area (Å²) in [6, 6.07) is 0. The SMILES string of the molecule is Cc1nc(C)n(-c2nc(N3CCN(C(=O)OC(C)(C)C)CC3)ncc2F)n1. The van der Waals surface area contributed by atoms with Crippen molar-refractivity contribution in [1.82, 2.24) is 29.6 Å². The number of halogens is 1. The summed E-state index contributed by atoms with van der Waals surface area (Å²) in [6.07, 6.45) is 0.797. The number of piperazine rings is 1. The Balaban J connectivity index is 1.73. The minimum absolute atomic E-state index is 0.0627. The Morgan fingerprint density at radius 2 is 1.81 bits per heavy atom. The number of rotatable bonds is 2. The fourth-order valence-corrected chi connectivity index (χ4v) is 2.79. The number of carbonyl (C=O) groups is 1.